The SMILES string of the molecule is c1ccc(CCNc2nccn2C2CC2)nc1. The molecule has 17 heavy (non-hydrogen) atoms. The molecule has 2 aromatic heterocycles. The second kappa shape index (κ2) is 4.57. The number of anilines is 1. The van der Waals surface area contributed by atoms with Crippen molar-refractivity contribution in [3.63, 3.8) is 0 Å². The zero-order valence-corrected chi connectivity index (χ0v) is 9.71. The minimum atomic E-state index is 0.676. The summed E-state index contributed by atoms with van der Waals surface area (Å²) in [6, 6.07) is 6.69. The molecular formula is C13H16N4. The second-order valence-electron chi connectivity index (χ2n) is 4.39. The molecule has 1 fully saturated rings. The van der Waals surface area contributed by atoms with E-state index in [0.717, 1.165) is 24.6 Å². The molecule has 4 nitrogen and oxygen atoms in total. The lowest BCUT2D eigenvalue weighted by Gasteiger charge is -2.08. The largest absolute Gasteiger partial charge is 0.355 e. The standard InChI is InChI=1S/C13H16N4/c1-2-7-14-11(3-1)6-8-15-13-16-9-10-17(13)12-4-5-12/h1-3,7,9-10,12H,4-6,8H2,(H,15,16). The van der Waals surface area contributed by atoms with Crippen LogP contribution in [0.25, 0.3) is 0 Å². The first-order valence-corrected chi connectivity index (χ1v) is 6.10. The van der Waals surface area contributed by atoms with Crippen LogP contribution < -0.4 is 5.32 Å². The van der Waals surface area contributed by atoms with Crippen molar-refractivity contribution in [1.82, 2.24) is 14.5 Å². The molecule has 0 spiro atoms. The van der Waals surface area contributed by atoms with Gasteiger partial charge >= 0.3 is 0 Å². The molecule has 0 aliphatic heterocycles. The summed E-state index contributed by atoms with van der Waals surface area (Å²) in [4.78, 5) is 8.64. The molecule has 1 N–H and O–H groups in total. The molecule has 2 aromatic rings. The lowest BCUT2D eigenvalue weighted by Crippen LogP contribution is -2.10. The maximum absolute atomic E-state index is 4.34. The average molecular weight is 228 g/mol. The van der Waals surface area contributed by atoms with Gasteiger partial charge in [0.05, 0.1) is 0 Å². The minimum absolute atomic E-state index is 0.676. The highest BCUT2D eigenvalue weighted by atomic mass is 15.2. The number of hydrogen-bond donors (Lipinski definition) is 1. The van der Waals surface area contributed by atoms with Crippen molar-refractivity contribution in [2.75, 3.05) is 11.9 Å². The van der Waals surface area contributed by atoms with Crippen molar-refractivity contribution in [2.24, 2.45) is 0 Å². The Morgan fingerprint density at radius 2 is 2.18 bits per heavy atom. The maximum atomic E-state index is 4.34. The van der Waals surface area contributed by atoms with Gasteiger partial charge in [-0.3, -0.25) is 4.98 Å². The molecule has 0 radical (unpaired) electrons. The van der Waals surface area contributed by atoms with Crippen LogP contribution in [0.2, 0.25) is 0 Å². The Morgan fingerprint density at radius 3 is 2.94 bits per heavy atom. The van der Waals surface area contributed by atoms with Gasteiger partial charge in [-0.15, -0.1) is 0 Å². The normalized spacial score (nSPS) is 14.8. The van der Waals surface area contributed by atoms with Gasteiger partial charge in [0.2, 0.25) is 5.95 Å². The van der Waals surface area contributed by atoms with Gasteiger partial charge in [-0.1, -0.05) is 6.07 Å². The summed E-state index contributed by atoms with van der Waals surface area (Å²) in [7, 11) is 0. The number of imidazole rings is 1. The molecule has 0 bridgehead atoms. The highest BCUT2D eigenvalue weighted by molar-refractivity contribution is 5.28. The van der Waals surface area contributed by atoms with E-state index in [9.17, 15) is 0 Å². The Bertz CT molecular complexity index is 473. The van der Waals surface area contributed by atoms with Gasteiger partial charge in [-0.05, 0) is 25.0 Å². The van der Waals surface area contributed by atoms with E-state index < -0.39 is 0 Å². The molecule has 0 amide bonds. The average Bonchev–Trinajstić information content (AvgIpc) is 3.11. The van der Waals surface area contributed by atoms with Crippen molar-refractivity contribution >= 4 is 5.95 Å². The fourth-order valence-corrected chi connectivity index (χ4v) is 1.95. The maximum Gasteiger partial charge on any atom is 0.203 e. The Hall–Kier alpha value is -1.84. The lowest BCUT2D eigenvalue weighted by atomic mass is 10.3. The summed E-state index contributed by atoms with van der Waals surface area (Å²) < 4.78 is 2.23. The molecule has 0 unspecified atom stereocenters. The van der Waals surface area contributed by atoms with Crippen molar-refractivity contribution in [3.8, 4) is 0 Å². The number of hydrogen-bond acceptors (Lipinski definition) is 3. The first kappa shape index (κ1) is 10.3. The summed E-state index contributed by atoms with van der Waals surface area (Å²) in [5, 5.41) is 3.37. The van der Waals surface area contributed by atoms with Gasteiger partial charge in [-0.2, -0.15) is 0 Å². The zero-order chi connectivity index (χ0) is 11.5. The Balaban J connectivity index is 1.55. The fraction of sp³-hybridized carbons (Fsp3) is 0.385. The fourth-order valence-electron chi connectivity index (χ4n) is 1.95. The van der Waals surface area contributed by atoms with Crippen molar-refractivity contribution in [1.29, 1.82) is 0 Å². The van der Waals surface area contributed by atoms with Crippen LogP contribution in [-0.4, -0.2) is 21.1 Å². The third-order valence-corrected chi connectivity index (χ3v) is 3.00. The third kappa shape index (κ3) is 2.46. The van der Waals surface area contributed by atoms with E-state index in [-0.39, 0.29) is 0 Å². The van der Waals surface area contributed by atoms with Gasteiger partial charge < -0.3 is 9.88 Å². The van der Waals surface area contributed by atoms with Crippen molar-refractivity contribution in [2.45, 2.75) is 25.3 Å². The van der Waals surface area contributed by atoms with Gasteiger partial charge in [0.15, 0.2) is 0 Å². The van der Waals surface area contributed by atoms with E-state index in [1.807, 2.05) is 24.5 Å². The summed E-state index contributed by atoms with van der Waals surface area (Å²) in [5.74, 6) is 0.989. The van der Waals surface area contributed by atoms with E-state index in [4.69, 9.17) is 0 Å². The number of rotatable bonds is 5. The molecule has 1 aliphatic carbocycles. The van der Waals surface area contributed by atoms with E-state index in [0.29, 0.717) is 6.04 Å². The van der Waals surface area contributed by atoms with Crippen LogP contribution in [0, 0.1) is 0 Å². The second-order valence-corrected chi connectivity index (χ2v) is 4.39. The third-order valence-electron chi connectivity index (χ3n) is 3.00. The van der Waals surface area contributed by atoms with Gasteiger partial charge in [-0.25, -0.2) is 4.98 Å². The molecule has 1 aliphatic rings. The summed E-state index contributed by atoms with van der Waals surface area (Å²) in [5.41, 5.74) is 1.12. The lowest BCUT2D eigenvalue weighted by molar-refractivity contribution is 0.741. The molecular weight excluding hydrogens is 212 g/mol. The summed E-state index contributed by atoms with van der Waals surface area (Å²) in [6.07, 6.45) is 9.25. The quantitative estimate of drug-likeness (QED) is 0.853. The van der Waals surface area contributed by atoms with Crippen LogP contribution in [0.3, 0.4) is 0 Å². The molecule has 0 saturated heterocycles. The highest BCUT2D eigenvalue weighted by Crippen LogP contribution is 2.36. The van der Waals surface area contributed by atoms with Crippen LogP contribution in [0.4, 0.5) is 5.95 Å². The van der Waals surface area contributed by atoms with Gasteiger partial charge in [0.25, 0.3) is 0 Å². The van der Waals surface area contributed by atoms with Crippen LogP contribution in [-0.2, 0) is 6.42 Å². The van der Waals surface area contributed by atoms with E-state index >= 15 is 0 Å². The predicted molar refractivity (Wildman–Crippen MR) is 66.9 cm³/mol. The Labute approximate surface area is 101 Å². The molecule has 88 valence electrons. The van der Waals surface area contributed by atoms with Crippen molar-refractivity contribution < 1.29 is 0 Å². The number of nitrogens with zero attached hydrogens (tertiary/aromatic N) is 3. The number of pyridine rings is 1. The predicted octanol–water partition coefficient (Wildman–Crippen LogP) is 2.27. The summed E-state index contributed by atoms with van der Waals surface area (Å²) >= 11 is 0. The Morgan fingerprint density at radius 1 is 1.24 bits per heavy atom. The van der Waals surface area contributed by atoms with Crippen LogP contribution >= 0.6 is 0 Å². The monoisotopic (exact) mass is 228 g/mol. The molecule has 4 heteroatoms. The van der Waals surface area contributed by atoms with E-state index in [1.54, 1.807) is 0 Å². The molecule has 3 rings (SSSR count). The van der Waals surface area contributed by atoms with Crippen LogP contribution in [0.5, 0.6) is 0 Å². The van der Waals surface area contributed by atoms with E-state index in [2.05, 4.69) is 32.1 Å². The number of aromatic nitrogens is 3. The first-order chi connectivity index (χ1) is 8.43. The molecule has 2 heterocycles. The molecule has 1 saturated carbocycles. The van der Waals surface area contributed by atoms with Crippen LogP contribution in [0.1, 0.15) is 24.6 Å². The van der Waals surface area contributed by atoms with Crippen LogP contribution in [0.15, 0.2) is 36.8 Å². The summed E-state index contributed by atoms with van der Waals surface area (Å²) in [6.45, 7) is 0.876. The smallest absolute Gasteiger partial charge is 0.203 e. The Kier molecular flexibility index (Phi) is 2.78. The van der Waals surface area contributed by atoms with Gasteiger partial charge in [0.1, 0.15) is 0 Å². The molecule has 0 aromatic carbocycles. The van der Waals surface area contributed by atoms with Gasteiger partial charge in [0, 0.05) is 43.3 Å². The minimum Gasteiger partial charge on any atom is -0.355 e. The van der Waals surface area contributed by atoms with E-state index in [1.165, 1.54) is 12.8 Å². The zero-order valence-electron chi connectivity index (χ0n) is 9.71. The molecule has 0 atom stereocenters. The van der Waals surface area contributed by atoms with Crippen molar-refractivity contribution in [3.05, 3.63) is 42.5 Å². The first-order valence-electron chi connectivity index (χ1n) is 6.10. The topological polar surface area (TPSA) is 42.7 Å². The highest BCUT2D eigenvalue weighted by Gasteiger charge is 2.25. The number of nitrogens with one attached hydrogen (secondary N) is 1.